The minimum Gasteiger partial charge on any atom is -0.379 e. The lowest BCUT2D eigenvalue weighted by Gasteiger charge is -2.30. The van der Waals surface area contributed by atoms with E-state index in [2.05, 4.69) is 4.90 Å². The molecule has 2 fully saturated rings. The zero-order valence-electron chi connectivity index (χ0n) is 13.8. The summed E-state index contributed by atoms with van der Waals surface area (Å²) >= 11 is 0. The first-order chi connectivity index (χ1) is 11.6. The Labute approximate surface area is 141 Å². The number of halogens is 2. The number of morpholine rings is 1. The van der Waals surface area contributed by atoms with Crippen molar-refractivity contribution >= 4 is 5.91 Å². The van der Waals surface area contributed by atoms with Crippen LogP contribution in [-0.4, -0.2) is 61.6 Å². The third-order valence-electron chi connectivity index (χ3n) is 4.91. The number of carbonyl (C=O) groups excluding carboxylic acids is 1. The molecule has 24 heavy (non-hydrogen) atoms. The molecule has 1 aromatic carbocycles. The van der Waals surface area contributed by atoms with E-state index in [-0.39, 0.29) is 5.56 Å². The molecule has 2 aliphatic rings. The number of hydrogen-bond donors (Lipinski definition) is 0. The number of amides is 1. The molecule has 132 valence electrons. The number of hydrogen-bond acceptors (Lipinski definition) is 3. The van der Waals surface area contributed by atoms with Crippen LogP contribution in [0, 0.1) is 17.6 Å². The SMILES string of the molecule is O=C(c1cc(F)ccc1F)N1CCCC(CN2CCOCC2)CC1. The van der Waals surface area contributed by atoms with Gasteiger partial charge in [0.1, 0.15) is 11.6 Å². The van der Waals surface area contributed by atoms with Gasteiger partial charge in [0, 0.05) is 32.7 Å². The molecule has 1 atom stereocenters. The maximum Gasteiger partial charge on any atom is 0.256 e. The summed E-state index contributed by atoms with van der Waals surface area (Å²) in [5, 5.41) is 0. The molecule has 0 aliphatic carbocycles. The van der Waals surface area contributed by atoms with Gasteiger partial charge in [-0.15, -0.1) is 0 Å². The summed E-state index contributed by atoms with van der Waals surface area (Å²) in [5.41, 5.74) is -0.165. The summed E-state index contributed by atoms with van der Waals surface area (Å²) in [6.45, 7) is 5.74. The fourth-order valence-corrected chi connectivity index (χ4v) is 3.53. The molecule has 0 aromatic heterocycles. The summed E-state index contributed by atoms with van der Waals surface area (Å²) in [6, 6.07) is 3.04. The van der Waals surface area contributed by atoms with Gasteiger partial charge in [-0.3, -0.25) is 9.69 Å². The number of benzene rings is 1. The van der Waals surface area contributed by atoms with Crippen molar-refractivity contribution in [3.8, 4) is 0 Å². The Kier molecular flexibility index (Phi) is 5.79. The lowest BCUT2D eigenvalue weighted by atomic mass is 10.00. The maximum absolute atomic E-state index is 13.8. The molecule has 2 heterocycles. The van der Waals surface area contributed by atoms with Gasteiger partial charge in [-0.05, 0) is 43.4 Å². The average Bonchev–Trinajstić information content (AvgIpc) is 2.83. The van der Waals surface area contributed by atoms with E-state index < -0.39 is 17.5 Å². The molecule has 1 amide bonds. The molecule has 0 spiro atoms. The van der Waals surface area contributed by atoms with Crippen LogP contribution >= 0.6 is 0 Å². The minimum absolute atomic E-state index is 0.165. The van der Waals surface area contributed by atoms with Crippen molar-refractivity contribution in [2.24, 2.45) is 5.92 Å². The van der Waals surface area contributed by atoms with Crippen molar-refractivity contribution in [2.75, 3.05) is 45.9 Å². The third-order valence-corrected chi connectivity index (χ3v) is 4.91. The van der Waals surface area contributed by atoms with Crippen LogP contribution in [0.15, 0.2) is 18.2 Å². The Balaban J connectivity index is 1.58. The molecule has 0 radical (unpaired) electrons. The normalized spacial score (nSPS) is 23.1. The van der Waals surface area contributed by atoms with E-state index in [1.807, 2.05) is 0 Å². The van der Waals surface area contributed by atoms with Gasteiger partial charge in [-0.2, -0.15) is 0 Å². The summed E-state index contributed by atoms with van der Waals surface area (Å²) in [4.78, 5) is 16.6. The first-order valence-electron chi connectivity index (χ1n) is 8.68. The lowest BCUT2D eigenvalue weighted by Crippen LogP contribution is -2.39. The highest BCUT2D eigenvalue weighted by molar-refractivity contribution is 5.94. The Morgan fingerprint density at radius 3 is 2.71 bits per heavy atom. The predicted molar refractivity (Wildman–Crippen MR) is 86.9 cm³/mol. The first-order valence-corrected chi connectivity index (χ1v) is 8.68. The van der Waals surface area contributed by atoms with Crippen LogP contribution in [-0.2, 0) is 4.74 Å². The predicted octanol–water partition coefficient (Wildman–Crippen LogP) is 2.54. The largest absolute Gasteiger partial charge is 0.379 e. The van der Waals surface area contributed by atoms with E-state index in [0.717, 1.165) is 70.3 Å². The maximum atomic E-state index is 13.8. The molecule has 0 saturated carbocycles. The van der Waals surface area contributed by atoms with Crippen LogP contribution in [0.3, 0.4) is 0 Å². The number of nitrogens with zero attached hydrogens (tertiary/aromatic N) is 2. The van der Waals surface area contributed by atoms with E-state index in [4.69, 9.17) is 4.74 Å². The molecule has 6 heteroatoms. The van der Waals surface area contributed by atoms with Crippen molar-refractivity contribution in [1.29, 1.82) is 0 Å². The molecule has 2 aliphatic heterocycles. The second-order valence-corrected chi connectivity index (χ2v) is 6.63. The standard InChI is InChI=1S/C18H24F2N2O2/c19-15-3-4-17(20)16(12-15)18(23)22-6-1-2-14(5-7-22)13-21-8-10-24-11-9-21/h3-4,12,14H,1-2,5-11,13H2. The van der Waals surface area contributed by atoms with Crippen LogP contribution in [0.4, 0.5) is 8.78 Å². The lowest BCUT2D eigenvalue weighted by molar-refractivity contribution is 0.0296. The highest BCUT2D eigenvalue weighted by atomic mass is 19.1. The highest BCUT2D eigenvalue weighted by Crippen LogP contribution is 2.21. The molecule has 3 rings (SSSR count). The summed E-state index contributed by atoms with van der Waals surface area (Å²) < 4.78 is 32.5. The van der Waals surface area contributed by atoms with E-state index in [0.29, 0.717) is 19.0 Å². The van der Waals surface area contributed by atoms with Crippen molar-refractivity contribution in [3.05, 3.63) is 35.4 Å². The molecule has 4 nitrogen and oxygen atoms in total. The van der Waals surface area contributed by atoms with Crippen LogP contribution in [0.2, 0.25) is 0 Å². The molecule has 1 aromatic rings. The van der Waals surface area contributed by atoms with Gasteiger partial charge in [-0.1, -0.05) is 0 Å². The minimum atomic E-state index is -0.657. The summed E-state index contributed by atoms with van der Waals surface area (Å²) in [5.74, 6) is -1.10. The second-order valence-electron chi connectivity index (χ2n) is 6.63. The Hall–Kier alpha value is -1.53. The van der Waals surface area contributed by atoms with Gasteiger partial charge in [0.15, 0.2) is 0 Å². The van der Waals surface area contributed by atoms with E-state index >= 15 is 0 Å². The van der Waals surface area contributed by atoms with Crippen LogP contribution in [0.1, 0.15) is 29.6 Å². The van der Waals surface area contributed by atoms with Gasteiger partial charge in [0.25, 0.3) is 5.91 Å². The Morgan fingerprint density at radius 1 is 1.12 bits per heavy atom. The summed E-state index contributed by atoms with van der Waals surface area (Å²) in [7, 11) is 0. The fraction of sp³-hybridized carbons (Fsp3) is 0.611. The number of likely N-dealkylation sites (tertiary alicyclic amines) is 1. The monoisotopic (exact) mass is 338 g/mol. The van der Waals surface area contributed by atoms with E-state index in [9.17, 15) is 13.6 Å². The van der Waals surface area contributed by atoms with Crippen LogP contribution in [0.5, 0.6) is 0 Å². The zero-order chi connectivity index (χ0) is 16.9. The Bertz CT molecular complexity index is 576. The first kappa shape index (κ1) is 17.3. The molecule has 2 saturated heterocycles. The number of carbonyl (C=O) groups is 1. The van der Waals surface area contributed by atoms with E-state index in [1.54, 1.807) is 4.90 Å². The van der Waals surface area contributed by atoms with Crippen molar-refractivity contribution < 1.29 is 18.3 Å². The summed E-state index contributed by atoms with van der Waals surface area (Å²) in [6.07, 6.45) is 2.87. The molecular weight excluding hydrogens is 314 g/mol. The average molecular weight is 338 g/mol. The van der Waals surface area contributed by atoms with Crippen LogP contribution in [0.25, 0.3) is 0 Å². The molecule has 0 N–H and O–H groups in total. The van der Waals surface area contributed by atoms with Gasteiger partial charge in [0.05, 0.1) is 18.8 Å². The topological polar surface area (TPSA) is 32.8 Å². The van der Waals surface area contributed by atoms with Crippen molar-refractivity contribution in [3.63, 3.8) is 0 Å². The fourth-order valence-electron chi connectivity index (χ4n) is 3.53. The second kappa shape index (κ2) is 8.03. The Morgan fingerprint density at radius 2 is 1.92 bits per heavy atom. The van der Waals surface area contributed by atoms with E-state index in [1.165, 1.54) is 0 Å². The van der Waals surface area contributed by atoms with Crippen molar-refractivity contribution in [2.45, 2.75) is 19.3 Å². The van der Waals surface area contributed by atoms with Gasteiger partial charge in [-0.25, -0.2) is 8.78 Å². The zero-order valence-corrected chi connectivity index (χ0v) is 13.8. The smallest absolute Gasteiger partial charge is 0.256 e. The van der Waals surface area contributed by atoms with Gasteiger partial charge in [0.2, 0.25) is 0 Å². The van der Waals surface area contributed by atoms with Gasteiger partial charge < -0.3 is 9.64 Å². The highest BCUT2D eigenvalue weighted by Gasteiger charge is 2.25. The molecular formula is C18H24F2N2O2. The van der Waals surface area contributed by atoms with Crippen LogP contribution < -0.4 is 0 Å². The third kappa shape index (κ3) is 4.30. The van der Waals surface area contributed by atoms with Crippen molar-refractivity contribution in [1.82, 2.24) is 9.80 Å². The van der Waals surface area contributed by atoms with Gasteiger partial charge >= 0.3 is 0 Å². The number of rotatable bonds is 3. The molecule has 0 bridgehead atoms. The molecule has 1 unspecified atom stereocenters. The number of ether oxygens (including phenoxy) is 1. The quantitative estimate of drug-likeness (QED) is 0.849.